The Morgan fingerprint density at radius 3 is 1.97 bits per heavy atom. The average Bonchev–Trinajstić information content (AvgIpc) is 3.94. The van der Waals surface area contributed by atoms with Crippen molar-refractivity contribution in [3.05, 3.63) is 83.7 Å². The van der Waals surface area contributed by atoms with Crippen molar-refractivity contribution in [3.8, 4) is 11.5 Å². The molecule has 0 spiro atoms. The quantitative estimate of drug-likeness (QED) is 0.0849. The van der Waals surface area contributed by atoms with Crippen molar-refractivity contribution in [2.24, 2.45) is 26.1 Å². The molecule has 0 unspecified atom stereocenters. The highest BCUT2D eigenvalue weighted by Crippen LogP contribution is 2.38. The lowest BCUT2D eigenvalue weighted by atomic mass is 10.1. The van der Waals surface area contributed by atoms with Crippen molar-refractivity contribution in [2.45, 2.75) is 58.1 Å². The molecule has 3 aromatic heterocycles. The van der Waals surface area contributed by atoms with E-state index < -0.39 is 11.8 Å². The third kappa shape index (κ3) is 10.3. The highest BCUT2D eigenvalue weighted by molar-refractivity contribution is 6.08. The number of aliphatic imine (C=N–C) groups is 1. The van der Waals surface area contributed by atoms with Crippen LogP contribution in [0.15, 0.2) is 66.1 Å². The number of carbonyl (C=O) groups is 5. The molecule has 0 bridgehead atoms. The van der Waals surface area contributed by atoms with Gasteiger partial charge < -0.3 is 54.1 Å². The van der Waals surface area contributed by atoms with Crippen LogP contribution in [0.2, 0.25) is 0 Å². The fraction of sp³-hybridized carbons (Fsp3) is 0.395. The van der Waals surface area contributed by atoms with Gasteiger partial charge in [-0.05, 0) is 64.3 Å². The molecule has 17 nitrogen and oxygen atoms in total. The van der Waals surface area contributed by atoms with Gasteiger partial charge in [-0.3, -0.25) is 29.0 Å². The number of fused-ring (bicyclic) bond motifs is 2. The van der Waals surface area contributed by atoms with Crippen molar-refractivity contribution in [1.29, 1.82) is 0 Å². The summed E-state index contributed by atoms with van der Waals surface area (Å²) in [6.45, 7) is 11.6. The Morgan fingerprint density at radius 2 is 1.38 bits per heavy atom. The highest BCUT2D eigenvalue weighted by Gasteiger charge is 2.34. The van der Waals surface area contributed by atoms with Crippen LogP contribution in [-0.4, -0.2) is 99.4 Å². The molecule has 2 aliphatic rings. The number of nitrogens with zero attached hydrogens (tertiary/aromatic N) is 5. The Hall–Kier alpha value is -6.62. The maximum Gasteiger partial charge on any atom is 0.272 e. The second-order valence-electron chi connectivity index (χ2n) is 15.9. The van der Waals surface area contributed by atoms with E-state index in [0.717, 1.165) is 5.57 Å². The van der Waals surface area contributed by atoms with Crippen molar-refractivity contribution in [1.82, 2.24) is 23.9 Å². The Bertz CT molecular complexity index is 2340. The van der Waals surface area contributed by atoms with Crippen molar-refractivity contribution < 1.29 is 38.2 Å². The minimum atomic E-state index is -0.445. The number of hydrogen-bond acceptors (Lipinski definition) is 9. The number of rotatable bonds is 16. The molecule has 6 rings (SSSR count). The second kappa shape index (κ2) is 18.1. The Morgan fingerprint density at radius 1 is 0.800 bits per heavy atom. The van der Waals surface area contributed by atoms with Crippen LogP contribution < -0.4 is 30.7 Å². The predicted molar refractivity (Wildman–Crippen MR) is 228 cm³/mol. The molecule has 2 aliphatic heterocycles. The zero-order valence-electron chi connectivity index (χ0n) is 35.1. The molecule has 5 heterocycles. The third-order valence-corrected chi connectivity index (χ3v) is 9.91. The van der Waals surface area contributed by atoms with Gasteiger partial charge in [-0.25, -0.2) is 0 Å². The van der Waals surface area contributed by atoms with Crippen LogP contribution in [0.4, 0.5) is 22.7 Å². The number of nitrogens with one attached hydrogen (secondary N) is 4. The maximum absolute atomic E-state index is 13.3. The molecule has 0 saturated carbocycles. The number of ether oxygens (including phenoxy) is 3. The molecule has 0 aliphatic carbocycles. The van der Waals surface area contributed by atoms with Crippen LogP contribution in [0.1, 0.15) is 88.3 Å². The first-order valence-electron chi connectivity index (χ1n) is 19.7. The van der Waals surface area contributed by atoms with Crippen LogP contribution in [0.3, 0.4) is 0 Å². The van der Waals surface area contributed by atoms with Gasteiger partial charge in [-0.1, -0.05) is 12.2 Å². The van der Waals surface area contributed by atoms with Crippen LogP contribution in [0.5, 0.6) is 11.5 Å². The first-order chi connectivity index (χ1) is 28.5. The van der Waals surface area contributed by atoms with E-state index in [1.165, 1.54) is 7.11 Å². The summed E-state index contributed by atoms with van der Waals surface area (Å²) in [6, 6.07) is 7.89. The molecule has 60 heavy (non-hydrogen) atoms. The summed E-state index contributed by atoms with van der Waals surface area (Å²) in [4.78, 5) is 71.7. The number of aromatic nitrogens is 3. The summed E-state index contributed by atoms with van der Waals surface area (Å²) in [7, 11) is 6.58. The van der Waals surface area contributed by atoms with Gasteiger partial charge in [0.05, 0.1) is 53.7 Å². The van der Waals surface area contributed by atoms with Gasteiger partial charge in [0.15, 0.2) is 11.5 Å². The Kier molecular flexibility index (Phi) is 13.0. The average molecular weight is 824 g/mol. The molecule has 0 radical (unpaired) electrons. The lowest BCUT2D eigenvalue weighted by molar-refractivity contribution is -0.116. The Labute approximate surface area is 348 Å². The standard InChI is InChI=1S/C43H53N9O8/c1-26-15-30-21-45-32-20-37(36(58-8)19-31(32)42(57)52(30)22-26)59-13-9-11-38(53)46-27-16-34(50(6)23-27)40(55)48-29-18-35(51(7)25-29)41(56)47-28-17-33(49(5)24-28)39(54)44-12-10-14-60-43(2,3)4/h16-21,23-25,30H,1,9-15,22H2,2-8H3,(H,44,54)(H,46,53)(H,47,56)(H,48,55)/t30-/m1/s1. The molecule has 318 valence electrons. The summed E-state index contributed by atoms with van der Waals surface area (Å²) in [5.41, 5.74) is 3.86. The molecular formula is C43H53N9O8. The number of methoxy groups -OCH3 is 1. The summed E-state index contributed by atoms with van der Waals surface area (Å²) < 4.78 is 22.0. The topological polar surface area (TPSA) is 192 Å². The number of aryl methyl sites for hydroxylation is 3. The van der Waals surface area contributed by atoms with Gasteiger partial charge in [0, 0.05) is 78.1 Å². The molecule has 1 aromatic carbocycles. The smallest absolute Gasteiger partial charge is 0.272 e. The van der Waals surface area contributed by atoms with Gasteiger partial charge in [0.25, 0.3) is 23.6 Å². The lowest BCUT2D eigenvalue weighted by Gasteiger charge is -2.20. The summed E-state index contributed by atoms with van der Waals surface area (Å²) in [5.74, 6) is -0.748. The van der Waals surface area contributed by atoms with Gasteiger partial charge >= 0.3 is 0 Å². The maximum atomic E-state index is 13.3. The van der Waals surface area contributed by atoms with Crippen LogP contribution in [0, 0.1) is 0 Å². The Balaban J connectivity index is 0.970. The normalized spacial score (nSPS) is 14.7. The minimum absolute atomic E-state index is 0.131. The summed E-state index contributed by atoms with van der Waals surface area (Å²) in [5, 5.41) is 11.3. The van der Waals surface area contributed by atoms with E-state index in [9.17, 15) is 24.0 Å². The van der Waals surface area contributed by atoms with E-state index in [0.29, 0.717) is 84.5 Å². The fourth-order valence-corrected chi connectivity index (χ4v) is 6.95. The zero-order chi connectivity index (χ0) is 43.3. The van der Waals surface area contributed by atoms with E-state index in [2.05, 4.69) is 32.8 Å². The number of anilines is 3. The van der Waals surface area contributed by atoms with Crippen molar-refractivity contribution >= 4 is 58.5 Å². The molecule has 17 heteroatoms. The summed E-state index contributed by atoms with van der Waals surface area (Å²) in [6.07, 6.45) is 8.52. The number of carbonyl (C=O) groups excluding carboxylic acids is 5. The number of amides is 5. The van der Waals surface area contributed by atoms with E-state index >= 15 is 0 Å². The molecule has 1 fully saturated rings. The van der Waals surface area contributed by atoms with E-state index in [1.807, 2.05) is 20.8 Å². The number of benzene rings is 1. The van der Waals surface area contributed by atoms with Crippen molar-refractivity contribution in [3.63, 3.8) is 0 Å². The first kappa shape index (κ1) is 43.0. The summed E-state index contributed by atoms with van der Waals surface area (Å²) >= 11 is 0. The lowest BCUT2D eigenvalue weighted by Crippen LogP contribution is -2.35. The molecule has 1 saturated heterocycles. The SMILES string of the molecule is C=C1C[C@@H]2C=Nc3cc(OCCCC(=O)Nc4cc(C(=O)Nc5cc(C(=O)Nc6cc(C(=O)NCCCOC(C)(C)C)n(C)c6)n(C)c5)n(C)c4)c(OC)cc3C(=O)N2C1. The van der Waals surface area contributed by atoms with E-state index in [1.54, 1.807) is 94.9 Å². The van der Waals surface area contributed by atoms with Gasteiger partial charge in [-0.2, -0.15) is 0 Å². The molecule has 5 amide bonds. The fourth-order valence-electron chi connectivity index (χ4n) is 6.95. The van der Waals surface area contributed by atoms with E-state index in [-0.39, 0.29) is 53.8 Å². The van der Waals surface area contributed by atoms with E-state index in [4.69, 9.17) is 14.2 Å². The molecule has 4 N–H and O–H groups in total. The largest absolute Gasteiger partial charge is 0.493 e. The van der Waals surface area contributed by atoms with Gasteiger partial charge in [-0.15, -0.1) is 0 Å². The highest BCUT2D eigenvalue weighted by atomic mass is 16.5. The minimum Gasteiger partial charge on any atom is -0.493 e. The predicted octanol–water partition coefficient (Wildman–Crippen LogP) is 5.43. The zero-order valence-corrected chi connectivity index (χ0v) is 35.1. The monoisotopic (exact) mass is 823 g/mol. The molecular weight excluding hydrogens is 771 g/mol. The van der Waals surface area contributed by atoms with Gasteiger partial charge in [0.1, 0.15) is 17.1 Å². The second-order valence-corrected chi connectivity index (χ2v) is 15.9. The molecule has 4 aromatic rings. The van der Waals surface area contributed by atoms with Crippen LogP contribution in [0.25, 0.3) is 0 Å². The molecule has 1 atom stereocenters. The third-order valence-electron chi connectivity index (χ3n) is 9.91. The van der Waals surface area contributed by atoms with Gasteiger partial charge in [0.2, 0.25) is 5.91 Å². The first-order valence-corrected chi connectivity index (χ1v) is 19.7. The number of hydrogen-bond donors (Lipinski definition) is 4. The van der Waals surface area contributed by atoms with Crippen LogP contribution in [-0.2, 0) is 30.7 Å². The van der Waals surface area contributed by atoms with Crippen LogP contribution >= 0.6 is 0 Å². The van der Waals surface area contributed by atoms with Crippen molar-refractivity contribution in [2.75, 3.05) is 49.4 Å².